The van der Waals surface area contributed by atoms with E-state index in [4.69, 9.17) is 4.74 Å². The zero-order valence-corrected chi connectivity index (χ0v) is 10.2. The highest BCUT2D eigenvalue weighted by molar-refractivity contribution is 5.94. The number of amides is 1. The summed E-state index contributed by atoms with van der Waals surface area (Å²) in [5.41, 5.74) is 1.12. The fourth-order valence-electron chi connectivity index (χ4n) is 2.01. The van der Waals surface area contributed by atoms with Gasteiger partial charge in [0, 0.05) is 0 Å². The molecule has 1 atom stereocenters. The number of hydrogen-bond donors (Lipinski definition) is 0. The molecule has 0 fully saturated rings. The maximum Gasteiger partial charge on any atom is 0.410 e. The van der Waals surface area contributed by atoms with Gasteiger partial charge in [0.1, 0.15) is 0 Å². The summed E-state index contributed by atoms with van der Waals surface area (Å²) in [5.74, 6) is -0.0790. The molecule has 0 spiro atoms. The number of rotatable bonds is 2. The molecular weight excluding hydrogens is 230 g/mol. The topological polar surface area (TPSA) is 46.6 Å². The van der Waals surface area contributed by atoms with E-state index in [0.717, 1.165) is 5.56 Å². The van der Waals surface area contributed by atoms with Gasteiger partial charge in [-0.3, -0.25) is 9.69 Å². The molecule has 1 aliphatic rings. The first kappa shape index (κ1) is 12.4. The van der Waals surface area contributed by atoms with E-state index in [1.807, 2.05) is 30.3 Å². The van der Waals surface area contributed by atoms with Crippen LogP contribution in [-0.4, -0.2) is 36.5 Å². The third-order valence-electron chi connectivity index (χ3n) is 2.93. The normalized spacial score (nSPS) is 18.8. The van der Waals surface area contributed by atoms with E-state index in [-0.39, 0.29) is 18.4 Å². The van der Waals surface area contributed by atoms with Crippen molar-refractivity contribution >= 4 is 11.9 Å². The fraction of sp³-hybridized carbons (Fsp3) is 0.286. The van der Waals surface area contributed by atoms with Crippen LogP contribution in [0.5, 0.6) is 0 Å². The lowest BCUT2D eigenvalue weighted by Gasteiger charge is -2.30. The van der Waals surface area contributed by atoms with Crippen LogP contribution in [0.2, 0.25) is 0 Å². The lowest BCUT2D eigenvalue weighted by atomic mass is 10.0. The summed E-state index contributed by atoms with van der Waals surface area (Å²) in [6.07, 6.45) is 3.51. The predicted molar refractivity (Wildman–Crippen MR) is 67.2 cm³/mol. The second kappa shape index (κ2) is 5.49. The lowest BCUT2D eigenvalue weighted by Crippen LogP contribution is -2.45. The molecule has 0 bridgehead atoms. The Morgan fingerprint density at radius 2 is 2.11 bits per heavy atom. The molecule has 1 aromatic rings. The van der Waals surface area contributed by atoms with Gasteiger partial charge in [-0.1, -0.05) is 36.4 Å². The monoisotopic (exact) mass is 245 g/mol. The van der Waals surface area contributed by atoms with Gasteiger partial charge >= 0.3 is 6.09 Å². The van der Waals surface area contributed by atoms with Gasteiger partial charge in [-0.2, -0.15) is 0 Å². The number of ether oxygens (including phenoxy) is 1. The van der Waals surface area contributed by atoms with Crippen LogP contribution in [0.25, 0.3) is 0 Å². The van der Waals surface area contributed by atoms with E-state index in [1.54, 1.807) is 6.08 Å². The lowest BCUT2D eigenvalue weighted by molar-refractivity contribution is -0.116. The summed E-state index contributed by atoms with van der Waals surface area (Å²) in [6, 6.07) is 9.73. The molecule has 1 aliphatic heterocycles. The Hall–Kier alpha value is -2.10. The zero-order valence-electron chi connectivity index (χ0n) is 10.2. The first-order valence-electron chi connectivity index (χ1n) is 5.80. The first-order chi connectivity index (χ1) is 8.70. The number of methoxy groups -OCH3 is 1. The van der Waals surface area contributed by atoms with E-state index in [2.05, 4.69) is 0 Å². The van der Waals surface area contributed by atoms with Gasteiger partial charge in [-0.25, -0.2) is 4.79 Å². The molecule has 0 aliphatic carbocycles. The molecule has 4 nitrogen and oxygen atoms in total. The van der Waals surface area contributed by atoms with Crippen molar-refractivity contribution in [1.29, 1.82) is 0 Å². The molecular formula is C14H15NO3. The maximum atomic E-state index is 11.6. The molecule has 0 saturated carbocycles. The number of benzene rings is 1. The van der Waals surface area contributed by atoms with Crippen molar-refractivity contribution in [2.75, 3.05) is 13.7 Å². The van der Waals surface area contributed by atoms with Crippen molar-refractivity contribution < 1.29 is 14.3 Å². The minimum Gasteiger partial charge on any atom is -0.453 e. The average Bonchev–Trinajstić information content (AvgIpc) is 2.41. The van der Waals surface area contributed by atoms with Crippen LogP contribution in [0, 0.1) is 0 Å². The summed E-state index contributed by atoms with van der Waals surface area (Å²) >= 11 is 0. The minimum atomic E-state index is -0.464. The molecule has 4 heteroatoms. The molecule has 94 valence electrons. The van der Waals surface area contributed by atoms with Gasteiger partial charge in [0.2, 0.25) is 0 Å². The van der Waals surface area contributed by atoms with Crippen LogP contribution in [0.3, 0.4) is 0 Å². The van der Waals surface area contributed by atoms with Crippen LogP contribution in [-0.2, 0) is 16.0 Å². The van der Waals surface area contributed by atoms with Gasteiger partial charge in [0.15, 0.2) is 5.78 Å². The van der Waals surface area contributed by atoms with Gasteiger partial charge in [-0.15, -0.1) is 0 Å². The minimum absolute atomic E-state index is 0.0790. The van der Waals surface area contributed by atoms with Crippen LogP contribution >= 0.6 is 0 Å². The summed E-state index contributed by atoms with van der Waals surface area (Å²) in [5, 5.41) is 0. The molecule has 1 aromatic carbocycles. The summed E-state index contributed by atoms with van der Waals surface area (Å²) in [6.45, 7) is 0.0840. The van der Waals surface area contributed by atoms with E-state index >= 15 is 0 Å². The van der Waals surface area contributed by atoms with Gasteiger partial charge in [0.25, 0.3) is 0 Å². The number of ketones is 1. The standard InChI is InChI=1S/C14H15NO3/c1-18-14(17)15-10-13(16)8-7-12(15)9-11-5-3-2-4-6-11/h2-8,12H,9-10H2,1H3. The first-order valence-corrected chi connectivity index (χ1v) is 5.80. The average molecular weight is 245 g/mol. The highest BCUT2D eigenvalue weighted by atomic mass is 16.5. The van der Waals surface area contributed by atoms with E-state index < -0.39 is 6.09 Å². The molecule has 1 unspecified atom stereocenters. The van der Waals surface area contributed by atoms with Crippen molar-refractivity contribution in [1.82, 2.24) is 4.90 Å². The quantitative estimate of drug-likeness (QED) is 0.798. The number of hydrogen-bond acceptors (Lipinski definition) is 3. The molecule has 0 radical (unpaired) electrons. The van der Waals surface area contributed by atoms with Crippen molar-refractivity contribution in [2.45, 2.75) is 12.5 Å². The SMILES string of the molecule is COC(=O)N1CC(=O)C=CC1Cc1ccccc1. The third-order valence-corrected chi connectivity index (χ3v) is 2.93. The molecule has 18 heavy (non-hydrogen) atoms. The number of nitrogens with zero attached hydrogens (tertiary/aromatic N) is 1. The van der Waals surface area contributed by atoms with Crippen molar-refractivity contribution in [3.8, 4) is 0 Å². The van der Waals surface area contributed by atoms with Gasteiger partial charge in [-0.05, 0) is 18.1 Å². The van der Waals surface area contributed by atoms with Gasteiger partial charge < -0.3 is 4.74 Å². The summed E-state index contributed by atoms with van der Waals surface area (Å²) in [4.78, 5) is 24.4. The van der Waals surface area contributed by atoms with Crippen LogP contribution in [0.15, 0.2) is 42.5 Å². The predicted octanol–water partition coefficient (Wildman–Crippen LogP) is 1.80. The second-order valence-electron chi connectivity index (χ2n) is 4.18. The van der Waals surface area contributed by atoms with E-state index in [1.165, 1.54) is 18.1 Å². The largest absolute Gasteiger partial charge is 0.453 e. The fourth-order valence-corrected chi connectivity index (χ4v) is 2.01. The number of carbonyl (C=O) groups is 2. The van der Waals surface area contributed by atoms with Crippen molar-refractivity contribution in [3.05, 3.63) is 48.0 Å². The van der Waals surface area contributed by atoms with Crippen LogP contribution in [0.4, 0.5) is 4.79 Å². The highest BCUT2D eigenvalue weighted by Gasteiger charge is 2.27. The smallest absolute Gasteiger partial charge is 0.410 e. The molecule has 0 aromatic heterocycles. The molecule has 0 N–H and O–H groups in total. The Morgan fingerprint density at radius 3 is 2.78 bits per heavy atom. The Kier molecular flexibility index (Phi) is 3.77. The Labute approximate surface area is 106 Å². The zero-order chi connectivity index (χ0) is 13.0. The maximum absolute atomic E-state index is 11.6. The molecule has 2 rings (SSSR count). The van der Waals surface area contributed by atoms with Crippen molar-refractivity contribution in [2.24, 2.45) is 0 Å². The Balaban J connectivity index is 2.16. The number of carbonyl (C=O) groups excluding carboxylic acids is 2. The molecule has 1 heterocycles. The van der Waals surface area contributed by atoms with Crippen LogP contribution in [0.1, 0.15) is 5.56 Å². The van der Waals surface area contributed by atoms with Gasteiger partial charge in [0.05, 0.1) is 19.7 Å². The third kappa shape index (κ3) is 2.77. The highest BCUT2D eigenvalue weighted by Crippen LogP contribution is 2.15. The van der Waals surface area contributed by atoms with Crippen molar-refractivity contribution in [3.63, 3.8) is 0 Å². The summed E-state index contributed by atoms with van der Waals surface area (Å²) < 4.78 is 4.71. The molecule has 1 amide bonds. The Morgan fingerprint density at radius 1 is 1.39 bits per heavy atom. The van der Waals surface area contributed by atoms with E-state index in [9.17, 15) is 9.59 Å². The Bertz CT molecular complexity index is 467. The second-order valence-corrected chi connectivity index (χ2v) is 4.18. The van der Waals surface area contributed by atoms with E-state index in [0.29, 0.717) is 6.42 Å². The summed E-state index contributed by atoms with van der Waals surface area (Å²) in [7, 11) is 1.32. The molecule has 0 saturated heterocycles. The van der Waals surface area contributed by atoms with Crippen LogP contribution < -0.4 is 0 Å².